The van der Waals surface area contributed by atoms with Gasteiger partial charge in [-0.05, 0) is 27.3 Å². The van der Waals surface area contributed by atoms with Gasteiger partial charge in [-0.15, -0.1) is 0 Å². The van der Waals surface area contributed by atoms with E-state index >= 15 is 0 Å². The Balaban J connectivity index is 0. The molecule has 1 radical (unpaired) electrons. The maximum absolute atomic E-state index is 10.7. The van der Waals surface area contributed by atoms with E-state index in [2.05, 4.69) is 5.32 Å². The number of carbonyl (C=O) groups excluding carboxylic acids is 1. The maximum atomic E-state index is 10.7. The van der Waals surface area contributed by atoms with Crippen LogP contribution >= 0.6 is 0 Å². The van der Waals surface area contributed by atoms with Crippen molar-refractivity contribution in [1.82, 2.24) is 0 Å². The van der Waals surface area contributed by atoms with Crippen LogP contribution in [0.4, 0.5) is 0 Å². The van der Waals surface area contributed by atoms with E-state index in [-0.39, 0.29) is 50.8 Å². The first-order valence-corrected chi connectivity index (χ1v) is 3.23. The van der Waals surface area contributed by atoms with Crippen LogP contribution in [0.5, 0.6) is 0 Å². The van der Waals surface area contributed by atoms with E-state index in [9.17, 15) is 4.79 Å². The second-order valence-electron chi connectivity index (χ2n) is 3.06. The number of rotatable bonds is 2. The van der Waals surface area contributed by atoms with Crippen LogP contribution < -0.4 is 0 Å². The van der Waals surface area contributed by atoms with Crippen molar-refractivity contribution in [2.24, 2.45) is 0 Å². The van der Waals surface area contributed by atoms with Crippen molar-refractivity contribution in [3.8, 4) is 0 Å². The quantitative estimate of drug-likeness (QED) is 0.675. The van der Waals surface area contributed by atoms with Crippen LogP contribution in [0.25, 0.3) is 5.32 Å². The maximum Gasteiger partial charge on any atom is 0.285 e. The summed E-state index contributed by atoms with van der Waals surface area (Å²) in [6.07, 6.45) is 0. The van der Waals surface area contributed by atoms with Crippen LogP contribution in [-0.4, -0.2) is 25.2 Å². The van der Waals surface area contributed by atoms with E-state index in [0.29, 0.717) is 0 Å². The molecule has 3 nitrogen and oxygen atoms in total. The average Bonchev–Trinajstić information content (AvgIpc) is 1.59. The van der Waals surface area contributed by atoms with Gasteiger partial charge in [0.05, 0.1) is 0 Å². The number of ether oxygens (including phenoxy) is 1. The van der Waals surface area contributed by atoms with Crippen molar-refractivity contribution in [3.05, 3.63) is 5.32 Å². The monoisotopic (exact) mass is 233 g/mol. The van der Waals surface area contributed by atoms with Crippen LogP contribution in [0.3, 0.4) is 0 Å². The molecule has 0 N–H and O–H groups in total. The van der Waals surface area contributed by atoms with Gasteiger partial charge in [-0.2, -0.15) is 7.05 Å². The van der Waals surface area contributed by atoms with Gasteiger partial charge in [-0.3, -0.25) is 4.79 Å². The molecule has 0 heterocycles. The summed E-state index contributed by atoms with van der Waals surface area (Å²) in [5.41, 5.74) is -0.387. The first kappa shape index (κ1) is 14.1. The molecule has 4 heteroatoms. The van der Waals surface area contributed by atoms with E-state index in [4.69, 9.17) is 4.74 Å². The minimum Gasteiger partial charge on any atom is -0.656 e. The van der Waals surface area contributed by atoms with Gasteiger partial charge < -0.3 is 10.1 Å². The zero-order valence-corrected chi connectivity index (χ0v) is 10.4. The van der Waals surface area contributed by atoms with E-state index in [1.165, 1.54) is 0 Å². The fourth-order valence-electron chi connectivity index (χ4n) is 0.503. The molecule has 0 spiro atoms. The smallest absolute Gasteiger partial charge is 0.285 e. The molecule has 0 rings (SSSR count). The second-order valence-corrected chi connectivity index (χ2v) is 3.06. The van der Waals surface area contributed by atoms with Gasteiger partial charge in [0.25, 0.3) is 5.97 Å². The second kappa shape index (κ2) is 6.09. The molecule has 11 heavy (non-hydrogen) atoms. The molecule has 0 aliphatic heterocycles. The molecular formula is C7H14NO2Y-. The summed E-state index contributed by atoms with van der Waals surface area (Å²) in [6.45, 7) is 5.65. The predicted molar refractivity (Wildman–Crippen MR) is 40.0 cm³/mol. The molecule has 0 aliphatic rings. The Hall–Kier alpha value is 0.534. The fourth-order valence-corrected chi connectivity index (χ4v) is 0.503. The Morgan fingerprint density at radius 3 is 2.18 bits per heavy atom. The van der Waals surface area contributed by atoms with Crippen LogP contribution in [0.15, 0.2) is 0 Å². The van der Waals surface area contributed by atoms with E-state index in [0.717, 1.165) is 0 Å². The number of carbonyl (C=O) groups is 1. The Kier molecular flexibility index (Phi) is 7.80. The Morgan fingerprint density at radius 1 is 1.45 bits per heavy atom. The van der Waals surface area contributed by atoms with Crippen molar-refractivity contribution in [3.63, 3.8) is 0 Å². The van der Waals surface area contributed by atoms with Crippen molar-refractivity contribution in [2.45, 2.75) is 26.4 Å². The number of esters is 1. The van der Waals surface area contributed by atoms with E-state index in [1.807, 2.05) is 20.8 Å². The van der Waals surface area contributed by atoms with Gasteiger partial charge in [0, 0.05) is 32.7 Å². The first-order valence-electron chi connectivity index (χ1n) is 3.23. The summed E-state index contributed by atoms with van der Waals surface area (Å²) < 4.78 is 4.95. The zero-order chi connectivity index (χ0) is 8.20. The molecule has 0 saturated carbocycles. The Labute approximate surface area is 93.1 Å². The van der Waals surface area contributed by atoms with Gasteiger partial charge in [0.2, 0.25) is 0 Å². The number of nitrogens with zero attached hydrogens (tertiary/aromatic N) is 1. The van der Waals surface area contributed by atoms with E-state index < -0.39 is 0 Å². The molecule has 0 bridgehead atoms. The molecule has 0 aromatic rings. The van der Waals surface area contributed by atoms with Gasteiger partial charge >= 0.3 is 0 Å². The van der Waals surface area contributed by atoms with E-state index in [1.54, 1.807) is 7.05 Å². The first-order chi connectivity index (χ1) is 4.45. The summed E-state index contributed by atoms with van der Waals surface area (Å²) >= 11 is 0. The molecule has 0 aromatic carbocycles. The van der Waals surface area contributed by atoms with Crippen molar-refractivity contribution < 1.29 is 42.2 Å². The minimum absolute atomic E-state index is 0. The SMILES string of the molecule is C[N-]CC(=O)OC(C)(C)C.[Y]. The fraction of sp³-hybridized carbons (Fsp3) is 0.857. The molecule has 0 fully saturated rings. The number of likely N-dealkylation sites (N-methyl/N-ethyl adjacent to an activating group) is 1. The van der Waals surface area contributed by atoms with Crippen LogP contribution in [0, 0.1) is 0 Å². The summed E-state index contributed by atoms with van der Waals surface area (Å²) in [6, 6.07) is 0. The third-order valence-corrected chi connectivity index (χ3v) is 0.707. The Morgan fingerprint density at radius 2 is 1.91 bits per heavy atom. The largest absolute Gasteiger partial charge is 0.656 e. The summed E-state index contributed by atoms with van der Waals surface area (Å²) in [7, 11) is 1.59. The van der Waals surface area contributed by atoms with Gasteiger partial charge in [0.1, 0.15) is 5.60 Å². The summed E-state index contributed by atoms with van der Waals surface area (Å²) in [5, 5.41) is 3.65. The average molecular weight is 233 g/mol. The zero-order valence-electron chi connectivity index (χ0n) is 7.55. The normalized spacial score (nSPS) is 10.2. The molecule has 0 amide bonds. The standard InChI is InChI=1S/C7H14NO2.Y/c1-7(2,3)10-6(9)5-8-4;/h5H2,1-4H3;/q-1;. The molecular weight excluding hydrogens is 219 g/mol. The summed E-state index contributed by atoms with van der Waals surface area (Å²) in [4.78, 5) is 10.7. The molecule has 0 saturated heterocycles. The van der Waals surface area contributed by atoms with Crippen LogP contribution in [-0.2, 0) is 42.2 Å². The van der Waals surface area contributed by atoms with Crippen LogP contribution in [0.1, 0.15) is 20.8 Å². The Bertz CT molecular complexity index is 120. The molecule has 0 unspecified atom stereocenters. The van der Waals surface area contributed by atoms with Crippen molar-refractivity contribution in [1.29, 1.82) is 0 Å². The number of hydrogen-bond acceptors (Lipinski definition) is 2. The predicted octanol–water partition coefficient (Wildman–Crippen LogP) is 1.33. The molecule has 0 atom stereocenters. The third kappa shape index (κ3) is 10.5. The van der Waals surface area contributed by atoms with Gasteiger partial charge in [0.15, 0.2) is 0 Å². The molecule has 63 valence electrons. The molecule has 0 aromatic heterocycles. The third-order valence-electron chi connectivity index (χ3n) is 0.707. The minimum atomic E-state index is -0.387. The molecule has 0 aliphatic carbocycles. The van der Waals surface area contributed by atoms with Gasteiger partial charge in [-0.25, -0.2) is 0 Å². The van der Waals surface area contributed by atoms with Crippen molar-refractivity contribution >= 4 is 5.97 Å². The van der Waals surface area contributed by atoms with Gasteiger partial charge in [-0.1, -0.05) is 0 Å². The number of hydrogen-bond donors (Lipinski definition) is 0. The van der Waals surface area contributed by atoms with Crippen molar-refractivity contribution in [2.75, 3.05) is 13.6 Å². The van der Waals surface area contributed by atoms with Crippen LogP contribution in [0.2, 0.25) is 0 Å². The topological polar surface area (TPSA) is 40.4 Å². The summed E-state index contributed by atoms with van der Waals surface area (Å²) in [5.74, 6) is -0.269.